The van der Waals surface area contributed by atoms with Crippen LogP contribution in [0.3, 0.4) is 0 Å². The Morgan fingerprint density at radius 3 is 2.68 bits per heavy atom. The van der Waals surface area contributed by atoms with Crippen molar-refractivity contribution in [3.63, 3.8) is 0 Å². The summed E-state index contributed by atoms with van der Waals surface area (Å²) in [5.74, 6) is -5.24. The van der Waals surface area contributed by atoms with E-state index in [-0.39, 0.29) is 5.76 Å². The first-order valence-electron chi connectivity index (χ1n) is 12.3. The lowest BCUT2D eigenvalue weighted by molar-refractivity contribution is -0.364. The lowest BCUT2D eigenvalue weighted by Gasteiger charge is -2.41. The number of hydrogen-bond acceptors (Lipinski definition) is 10. The second-order valence-electron chi connectivity index (χ2n) is 9.75. The van der Waals surface area contributed by atoms with Crippen LogP contribution in [-0.4, -0.2) is 46.6 Å². The fourth-order valence-corrected chi connectivity index (χ4v) is 6.23. The number of fused-ring (bicyclic) bond motifs is 6. The Hall–Kier alpha value is -3.67. The SMILES string of the molecule is CCC(C/C=C1\OC23OC(=O)CC(O)(CC(=O)OC2c2c1[nH]c1ccccc21)C(=O)O3)(NC)c1ccsc1. The average Bonchev–Trinajstić information content (AvgIpc) is 3.54. The van der Waals surface area contributed by atoms with Crippen molar-refractivity contribution in [1.29, 1.82) is 0 Å². The van der Waals surface area contributed by atoms with Crippen LogP contribution in [0.25, 0.3) is 16.7 Å². The number of aromatic amines is 1. The Bertz CT molecular complexity index is 1470. The lowest BCUT2D eigenvalue weighted by atomic mass is 9.85. The van der Waals surface area contributed by atoms with E-state index in [9.17, 15) is 19.5 Å². The zero-order chi connectivity index (χ0) is 26.7. The van der Waals surface area contributed by atoms with Crippen molar-refractivity contribution >= 4 is 45.9 Å². The van der Waals surface area contributed by atoms with E-state index in [0.717, 1.165) is 17.5 Å². The van der Waals surface area contributed by atoms with Gasteiger partial charge in [0.1, 0.15) is 5.76 Å². The van der Waals surface area contributed by atoms with Gasteiger partial charge in [-0.1, -0.05) is 25.1 Å². The van der Waals surface area contributed by atoms with Crippen molar-refractivity contribution in [2.75, 3.05) is 7.05 Å². The number of esters is 3. The van der Waals surface area contributed by atoms with Gasteiger partial charge in [0.15, 0.2) is 5.60 Å². The Kier molecular flexibility index (Phi) is 5.64. The highest BCUT2D eigenvalue weighted by Gasteiger charge is 2.65. The van der Waals surface area contributed by atoms with Crippen LogP contribution in [0.15, 0.2) is 47.2 Å². The van der Waals surface area contributed by atoms with Crippen molar-refractivity contribution in [3.05, 3.63) is 64.0 Å². The molecule has 6 rings (SSSR count). The minimum Gasteiger partial charge on any atom is -0.444 e. The van der Waals surface area contributed by atoms with Gasteiger partial charge in [-0.05, 0) is 54.4 Å². The van der Waals surface area contributed by atoms with E-state index >= 15 is 0 Å². The molecule has 0 radical (unpaired) electrons. The van der Waals surface area contributed by atoms with Crippen LogP contribution in [0.2, 0.25) is 0 Å². The van der Waals surface area contributed by atoms with Crippen molar-refractivity contribution in [1.82, 2.24) is 10.3 Å². The Morgan fingerprint density at radius 1 is 1.16 bits per heavy atom. The molecule has 3 aromatic rings. The van der Waals surface area contributed by atoms with E-state index in [1.807, 2.05) is 42.8 Å². The van der Waals surface area contributed by atoms with E-state index in [1.54, 1.807) is 11.3 Å². The van der Waals surface area contributed by atoms with Crippen molar-refractivity contribution < 1.29 is 38.4 Å². The van der Waals surface area contributed by atoms with Gasteiger partial charge in [0, 0.05) is 22.0 Å². The summed E-state index contributed by atoms with van der Waals surface area (Å²) in [6.07, 6.45) is 0.103. The summed E-state index contributed by atoms with van der Waals surface area (Å²) >= 11 is 1.59. The highest BCUT2D eigenvalue weighted by molar-refractivity contribution is 7.08. The summed E-state index contributed by atoms with van der Waals surface area (Å²) in [5, 5.41) is 19.0. The molecule has 3 aliphatic heterocycles. The van der Waals surface area contributed by atoms with Crippen LogP contribution < -0.4 is 5.32 Å². The molecule has 0 amide bonds. The number of para-hydroxylation sites is 1. The quantitative estimate of drug-likeness (QED) is 0.418. The molecule has 4 atom stereocenters. The van der Waals surface area contributed by atoms with Crippen LogP contribution in [0, 0.1) is 0 Å². The molecule has 198 valence electrons. The number of H-pyrrole nitrogens is 1. The van der Waals surface area contributed by atoms with Crippen molar-refractivity contribution in [2.45, 2.75) is 55.8 Å². The maximum atomic E-state index is 13.1. The van der Waals surface area contributed by atoms with E-state index in [0.29, 0.717) is 23.1 Å². The smallest absolute Gasteiger partial charge is 0.444 e. The maximum absolute atomic E-state index is 13.1. The van der Waals surface area contributed by atoms with Gasteiger partial charge >= 0.3 is 23.9 Å². The van der Waals surface area contributed by atoms with Crippen LogP contribution >= 0.6 is 11.3 Å². The molecule has 4 unspecified atom stereocenters. The van der Waals surface area contributed by atoms with E-state index < -0.39 is 54.0 Å². The van der Waals surface area contributed by atoms with Gasteiger partial charge in [-0.15, -0.1) is 0 Å². The van der Waals surface area contributed by atoms with Gasteiger partial charge in [-0.2, -0.15) is 11.3 Å². The number of nitrogens with one attached hydrogen (secondary N) is 2. The number of rotatable bonds is 5. The standard InChI is InChI=1S/C27H26N2O8S/c1-3-25(28-2,15-9-11-38-14-15)10-8-18-22-21(16-6-4-5-7-17(16)29-22)23-27(35-18)36-20(31)13-26(33,24(32)37-27)12-19(30)34-23/h4-9,11,14,23,28-29,33H,3,10,12-13H2,1-2H3/b18-8-. The predicted octanol–water partition coefficient (Wildman–Crippen LogP) is 3.38. The number of aliphatic hydroxyl groups is 1. The topological polar surface area (TPSA) is 136 Å². The van der Waals surface area contributed by atoms with Crippen molar-refractivity contribution in [2.24, 2.45) is 0 Å². The predicted molar refractivity (Wildman–Crippen MR) is 135 cm³/mol. The molecular formula is C27H26N2O8S. The summed E-state index contributed by atoms with van der Waals surface area (Å²) < 4.78 is 23.1. The molecule has 3 N–H and O–H groups in total. The first-order chi connectivity index (χ1) is 18.2. The molecule has 38 heavy (non-hydrogen) atoms. The minimum absolute atomic E-state index is 0.249. The third-order valence-corrected chi connectivity index (χ3v) is 8.30. The van der Waals surface area contributed by atoms with Gasteiger partial charge in [0.25, 0.3) is 0 Å². The number of carbonyl (C=O) groups excluding carboxylic acids is 3. The number of carbonyl (C=O) groups is 3. The molecule has 11 heteroatoms. The Labute approximate surface area is 221 Å². The van der Waals surface area contributed by atoms with Gasteiger partial charge in [0.05, 0.1) is 18.5 Å². The summed E-state index contributed by atoms with van der Waals surface area (Å²) in [7, 11) is 1.88. The van der Waals surface area contributed by atoms with Gasteiger partial charge in [-0.25, -0.2) is 4.79 Å². The van der Waals surface area contributed by atoms with E-state index in [2.05, 4.69) is 28.7 Å². The molecular weight excluding hydrogens is 512 g/mol. The zero-order valence-electron chi connectivity index (χ0n) is 20.7. The summed E-state index contributed by atoms with van der Waals surface area (Å²) in [6, 6.07) is 9.38. The maximum Gasteiger partial charge on any atom is 0.466 e. The second-order valence-corrected chi connectivity index (χ2v) is 10.5. The van der Waals surface area contributed by atoms with Gasteiger partial charge < -0.3 is 34.4 Å². The molecule has 1 spiro atoms. The van der Waals surface area contributed by atoms with Crippen LogP contribution in [0.5, 0.6) is 0 Å². The minimum atomic E-state index is -2.45. The zero-order valence-corrected chi connectivity index (χ0v) is 21.6. The Morgan fingerprint density at radius 2 is 1.95 bits per heavy atom. The number of thiophene rings is 1. The third kappa shape index (κ3) is 3.64. The number of benzene rings is 1. The number of aromatic nitrogens is 1. The summed E-state index contributed by atoms with van der Waals surface area (Å²) in [4.78, 5) is 42.1. The normalized spacial score (nSPS) is 29.2. The van der Waals surface area contributed by atoms with Crippen LogP contribution in [0.1, 0.15) is 55.5 Å². The van der Waals surface area contributed by atoms with Gasteiger partial charge in [0.2, 0.25) is 6.10 Å². The molecule has 2 aromatic heterocycles. The average molecular weight is 539 g/mol. The summed E-state index contributed by atoms with van der Waals surface area (Å²) in [5.41, 5.74) is -0.0708. The first kappa shape index (κ1) is 24.7. The highest BCUT2D eigenvalue weighted by Crippen LogP contribution is 2.52. The largest absolute Gasteiger partial charge is 0.466 e. The highest BCUT2D eigenvalue weighted by atomic mass is 32.1. The van der Waals surface area contributed by atoms with Crippen molar-refractivity contribution in [3.8, 4) is 0 Å². The lowest BCUT2D eigenvalue weighted by Crippen LogP contribution is -2.54. The molecule has 0 saturated carbocycles. The molecule has 1 aromatic carbocycles. The fraction of sp³-hybridized carbons (Fsp3) is 0.370. The molecule has 0 aliphatic carbocycles. The molecule has 2 fully saturated rings. The Balaban J connectivity index is 1.55. The second kappa shape index (κ2) is 8.69. The number of ether oxygens (including phenoxy) is 4. The monoisotopic (exact) mass is 538 g/mol. The van der Waals surface area contributed by atoms with Gasteiger partial charge in [-0.3, -0.25) is 9.59 Å². The first-order valence-corrected chi connectivity index (χ1v) is 13.3. The summed E-state index contributed by atoms with van der Waals surface area (Å²) in [6.45, 7) is 2.07. The third-order valence-electron chi connectivity index (χ3n) is 7.61. The van der Waals surface area contributed by atoms with E-state index in [1.165, 1.54) is 0 Å². The molecule has 2 saturated heterocycles. The van der Waals surface area contributed by atoms with E-state index in [4.69, 9.17) is 18.9 Å². The van der Waals surface area contributed by atoms with Crippen LogP contribution in [0.4, 0.5) is 0 Å². The molecule has 5 heterocycles. The fourth-order valence-electron chi connectivity index (χ4n) is 5.48. The van der Waals surface area contributed by atoms with Crippen LogP contribution in [-0.2, 0) is 38.9 Å². The molecule has 10 nitrogen and oxygen atoms in total. The molecule has 3 aliphatic rings. The molecule has 2 bridgehead atoms. The number of hydrogen-bond donors (Lipinski definition) is 3.